The van der Waals surface area contributed by atoms with Crippen LogP contribution in [0.5, 0.6) is 0 Å². The second-order valence-electron chi connectivity index (χ2n) is 7.99. The minimum Gasteiger partial charge on any atom is -0.326 e. The van der Waals surface area contributed by atoms with Crippen LogP contribution in [0, 0.1) is 11.8 Å². The van der Waals surface area contributed by atoms with E-state index in [-0.39, 0.29) is 42.5 Å². The third kappa shape index (κ3) is 3.07. The maximum Gasteiger partial charge on any atom is 0.233 e. The maximum absolute atomic E-state index is 12.5. The molecule has 29 heavy (non-hydrogen) atoms. The average molecular weight is 386 g/mol. The Kier molecular flexibility index (Phi) is 4.31. The molecule has 1 aliphatic heterocycles. The van der Waals surface area contributed by atoms with Gasteiger partial charge >= 0.3 is 0 Å². The van der Waals surface area contributed by atoms with Crippen LogP contribution < -0.4 is 5.32 Å². The number of anilines is 1. The van der Waals surface area contributed by atoms with Crippen molar-refractivity contribution in [1.29, 1.82) is 0 Å². The van der Waals surface area contributed by atoms with Crippen LogP contribution in [0.1, 0.15) is 30.4 Å². The Morgan fingerprint density at radius 1 is 0.931 bits per heavy atom. The number of rotatable bonds is 4. The smallest absolute Gasteiger partial charge is 0.233 e. The van der Waals surface area contributed by atoms with Gasteiger partial charge in [-0.2, -0.15) is 0 Å². The molecule has 146 valence electrons. The van der Waals surface area contributed by atoms with E-state index in [9.17, 15) is 14.4 Å². The zero-order valence-electron chi connectivity index (χ0n) is 16.1. The summed E-state index contributed by atoms with van der Waals surface area (Å²) in [6.45, 7) is 0.146. The molecule has 0 radical (unpaired) electrons. The van der Waals surface area contributed by atoms with Crippen LogP contribution in [0.4, 0.5) is 5.69 Å². The number of fused-ring (bicyclic) bond motifs is 4. The van der Waals surface area contributed by atoms with E-state index in [4.69, 9.17) is 0 Å². The number of hydrogen-bond donors (Lipinski definition) is 1. The van der Waals surface area contributed by atoms with E-state index in [1.807, 2.05) is 42.5 Å². The number of benzene rings is 2. The third-order valence-electron chi connectivity index (χ3n) is 6.24. The van der Waals surface area contributed by atoms with Gasteiger partial charge < -0.3 is 5.32 Å². The number of allylic oxidation sites excluding steroid dienone is 2. The Labute approximate surface area is 169 Å². The standard InChI is InChI=1S/C24H22N2O3/c27-22(11-12-26-23(28)20-7-3-4-8-21(20)24(26)29)25-17-9-10-19-16(14-17)13-15-5-1-2-6-18(15)19/h1-6,9-10,14,20-21H,7-8,11-13H2,(H,25,27). The molecule has 2 atom stereocenters. The van der Waals surface area contributed by atoms with Crippen molar-refractivity contribution in [1.82, 2.24) is 4.90 Å². The molecule has 3 amide bonds. The first-order chi connectivity index (χ1) is 14.1. The van der Waals surface area contributed by atoms with Crippen LogP contribution in [-0.2, 0) is 20.8 Å². The topological polar surface area (TPSA) is 66.5 Å². The van der Waals surface area contributed by atoms with Crippen LogP contribution in [0.2, 0.25) is 0 Å². The van der Waals surface area contributed by atoms with Crippen molar-refractivity contribution < 1.29 is 14.4 Å². The highest BCUT2D eigenvalue weighted by molar-refractivity contribution is 6.06. The van der Waals surface area contributed by atoms with E-state index >= 15 is 0 Å². The van der Waals surface area contributed by atoms with Gasteiger partial charge in [0.15, 0.2) is 0 Å². The van der Waals surface area contributed by atoms with Crippen molar-refractivity contribution in [2.75, 3.05) is 11.9 Å². The molecule has 0 spiro atoms. The Balaban J connectivity index is 1.22. The van der Waals surface area contributed by atoms with E-state index in [0.29, 0.717) is 12.8 Å². The molecule has 0 saturated carbocycles. The van der Waals surface area contributed by atoms with Crippen LogP contribution in [-0.4, -0.2) is 29.2 Å². The molecular formula is C24H22N2O3. The molecule has 5 heteroatoms. The number of imide groups is 1. The van der Waals surface area contributed by atoms with Crippen molar-refractivity contribution >= 4 is 23.4 Å². The van der Waals surface area contributed by atoms with Crippen LogP contribution in [0.3, 0.4) is 0 Å². The number of nitrogens with zero attached hydrogens (tertiary/aromatic N) is 1. The lowest BCUT2D eigenvalue weighted by molar-refractivity contribution is -0.140. The Hall–Kier alpha value is -3.21. The fourth-order valence-corrected chi connectivity index (χ4v) is 4.75. The van der Waals surface area contributed by atoms with E-state index in [2.05, 4.69) is 17.4 Å². The summed E-state index contributed by atoms with van der Waals surface area (Å²) >= 11 is 0. The van der Waals surface area contributed by atoms with Crippen LogP contribution in [0.25, 0.3) is 11.1 Å². The molecule has 3 aliphatic rings. The molecule has 2 aromatic rings. The summed E-state index contributed by atoms with van der Waals surface area (Å²) < 4.78 is 0. The molecule has 2 aromatic carbocycles. The largest absolute Gasteiger partial charge is 0.326 e. The monoisotopic (exact) mass is 386 g/mol. The number of nitrogens with one attached hydrogen (secondary N) is 1. The van der Waals surface area contributed by atoms with Gasteiger partial charge in [-0.15, -0.1) is 0 Å². The molecule has 1 N–H and O–H groups in total. The van der Waals surface area contributed by atoms with Crippen LogP contribution >= 0.6 is 0 Å². The molecule has 0 aromatic heterocycles. The molecule has 1 heterocycles. The van der Waals surface area contributed by atoms with Gasteiger partial charge in [-0.05, 0) is 53.6 Å². The highest BCUT2D eigenvalue weighted by Crippen LogP contribution is 2.38. The zero-order valence-corrected chi connectivity index (χ0v) is 16.1. The Bertz CT molecular complexity index is 1030. The van der Waals surface area contributed by atoms with Gasteiger partial charge in [0, 0.05) is 18.7 Å². The lowest BCUT2D eigenvalue weighted by Gasteiger charge is -2.14. The van der Waals surface area contributed by atoms with Gasteiger partial charge in [-0.3, -0.25) is 19.3 Å². The van der Waals surface area contributed by atoms with Crippen molar-refractivity contribution in [3.63, 3.8) is 0 Å². The second kappa shape index (κ2) is 6.99. The van der Waals surface area contributed by atoms with Gasteiger partial charge in [-0.1, -0.05) is 42.5 Å². The van der Waals surface area contributed by atoms with Crippen molar-refractivity contribution in [3.05, 3.63) is 65.7 Å². The predicted octanol–water partition coefficient (Wildman–Crippen LogP) is 3.54. The number of amides is 3. The number of carbonyl (C=O) groups is 3. The summed E-state index contributed by atoms with van der Waals surface area (Å²) in [5.41, 5.74) is 5.71. The maximum atomic E-state index is 12.5. The molecule has 2 unspecified atom stereocenters. The molecule has 5 nitrogen and oxygen atoms in total. The lowest BCUT2D eigenvalue weighted by atomic mass is 9.85. The molecule has 5 rings (SSSR count). The molecular weight excluding hydrogens is 364 g/mol. The van der Waals surface area contributed by atoms with Crippen molar-refractivity contribution in [3.8, 4) is 11.1 Å². The first kappa shape index (κ1) is 17.9. The average Bonchev–Trinajstić information content (AvgIpc) is 3.22. The van der Waals surface area contributed by atoms with E-state index in [1.54, 1.807) is 0 Å². The Morgan fingerprint density at radius 3 is 2.38 bits per heavy atom. The summed E-state index contributed by atoms with van der Waals surface area (Å²) in [5.74, 6) is -0.934. The fraction of sp³-hybridized carbons (Fsp3) is 0.292. The van der Waals surface area contributed by atoms with Gasteiger partial charge in [0.25, 0.3) is 0 Å². The van der Waals surface area contributed by atoms with Crippen LogP contribution in [0.15, 0.2) is 54.6 Å². The third-order valence-corrected chi connectivity index (χ3v) is 6.24. The Morgan fingerprint density at radius 2 is 1.62 bits per heavy atom. The van der Waals surface area contributed by atoms with Crippen molar-refractivity contribution in [2.24, 2.45) is 11.8 Å². The second-order valence-corrected chi connectivity index (χ2v) is 7.99. The zero-order chi connectivity index (χ0) is 20.0. The molecule has 2 aliphatic carbocycles. The minimum atomic E-state index is -0.242. The number of carbonyl (C=O) groups excluding carboxylic acids is 3. The van der Waals surface area contributed by atoms with E-state index in [0.717, 1.165) is 12.1 Å². The van der Waals surface area contributed by atoms with E-state index < -0.39 is 0 Å². The predicted molar refractivity (Wildman–Crippen MR) is 110 cm³/mol. The summed E-state index contributed by atoms with van der Waals surface area (Å²) in [4.78, 5) is 38.7. The highest BCUT2D eigenvalue weighted by Gasteiger charge is 2.46. The number of likely N-dealkylation sites (tertiary alicyclic amines) is 1. The van der Waals surface area contributed by atoms with Gasteiger partial charge in [0.2, 0.25) is 17.7 Å². The van der Waals surface area contributed by atoms with Gasteiger partial charge in [-0.25, -0.2) is 0 Å². The fourth-order valence-electron chi connectivity index (χ4n) is 4.75. The molecule has 0 bridgehead atoms. The molecule has 1 fully saturated rings. The summed E-state index contributed by atoms with van der Waals surface area (Å²) in [5, 5.41) is 2.91. The summed E-state index contributed by atoms with van der Waals surface area (Å²) in [7, 11) is 0. The summed E-state index contributed by atoms with van der Waals surface area (Å²) in [6, 6.07) is 14.3. The van der Waals surface area contributed by atoms with Crippen molar-refractivity contribution in [2.45, 2.75) is 25.7 Å². The highest BCUT2D eigenvalue weighted by atomic mass is 16.2. The van der Waals surface area contributed by atoms with Gasteiger partial charge in [0.1, 0.15) is 0 Å². The quantitative estimate of drug-likeness (QED) is 0.551. The van der Waals surface area contributed by atoms with E-state index in [1.165, 1.54) is 27.2 Å². The number of hydrogen-bond acceptors (Lipinski definition) is 3. The minimum absolute atomic E-state index is 0.113. The molecule has 1 saturated heterocycles. The SMILES string of the molecule is O=C(CCN1C(=O)C2CC=CCC2C1=O)Nc1ccc2c(c1)Cc1ccccc1-2. The normalized spacial score (nSPS) is 21.7. The first-order valence-corrected chi connectivity index (χ1v) is 10.1. The summed E-state index contributed by atoms with van der Waals surface area (Å²) in [6.07, 6.45) is 6.15. The first-order valence-electron chi connectivity index (χ1n) is 10.1. The van der Waals surface area contributed by atoms with Gasteiger partial charge in [0.05, 0.1) is 11.8 Å². The lowest BCUT2D eigenvalue weighted by Crippen LogP contribution is -2.34.